The molecule has 0 aliphatic carbocycles. The Morgan fingerprint density at radius 3 is 2.66 bits per heavy atom. The van der Waals surface area contributed by atoms with Gasteiger partial charge in [-0.3, -0.25) is 9.69 Å². The molecule has 9 nitrogen and oxygen atoms in total. The van der Waals surface area contributed by atoms with Crippen LogP contribution in [0.5, 0.6) is 5.75 Å². The van der Waals surface area contributed by atoms with E-state index in [1.807, 2.05) is 35.9 Å². The molecule has 2 atom stereocenters. The number of aryl methyl sites for hydroxylation is 2. The number of ether oxygens (including phenoxy) is 2. The molecule has 0 unspecified atom stereocenters. The van der Waals surface area contributed by atoms with Gasteiger partial charge in [-0.05, 0) is 78.4 Å². The van der Waals surface area contributed by atoms with Crippen molar-refractivity contribution in [3.8, 4) is 5.75 Å². The first-order chi connectivity index (χ1) is 18.5. The molecule has 2 aromatic carbocycles. The summed E-state index contributed by atoms with van der Waals surface area (Å²) in [6.07, 6.45) is 2.98. The van der Waals surface area contributed by atoms with Crippen LogP contribution in [0.25, 0.3) is 10.9 Å². The molecule has 2 aromatic heterocycles. The number of pyridine rings is 1. The third kappa shape index (κ3) is 5.49. The van der Waals surface area contributed by atoms with Crippen molar-refractivity contribution in [1.82, 2.24) is 30.1 Å². The lowest BCUT2D eigenvalue weighted by molar-refractivity contribution is 0.0888. The second-order valence-electron chi connectivity index (χ2n) is 10.1. The maximum atomic E-state index is 13.3. The molecule has 9 heteroatoms. The highest BCUT2D eigenvalue weighted by Crippen LogP contribution is 2.28. The molecule has 0 radical (unpaired) electrons. The Hall–Kier alpha value is -3.56. The number of nitrogens with one attached hydrogen (secondary N) is 1. The number of rotatable bonds is 10. The van der Waals surface area contributed by atoms with Gasteiger partial charge >= 0.3 is 0 Å². The van der Waals surface area contributed by atoms with E-state index in [0.717, 1.165) is 70.6 Å². The number of tetrazole rings is 1. The molecule has 0 bridgehead atoms. The van der Waals surface area contributed by atoms with Crippen molar-refractivity contribution in [2.75, 3.05) is 13.7 Å². The standard InChI is InChI=1S/C29H36N6O3/c1-5-26(28-31-32-33-35(28)18-24-7-6-14-38-24)34(16-21-10-12-23(37-4)13-11-21)17-22-15-25-19(2)8-9-20(3)27(25)30-29(22)36/h8-13,15,24,26H,5-7,14,16-18H2,1-4H3,(H,30,36)/t24-,26-/m1/s1. The smallest absolute Gasteiger partial charge is 0.252 e. The zero-order chi connectivity index (χ0) is 26.6. The normalized spacial score (nSPS) is 16.4. The van der Waals surface area contributed by atoms with Crippen molar-refractivity contribution < 1.29 is 9.47 Å². The van der Waals surface area contributed by atoms with Crippen LogP contribution in [0.4, 0.5) is 0 Å². The van der Waals surface area contributed by atoms with Crippen LogP contribution >= 0.6 is 0 Å². The van der Waals surface area contributed by atoms with E-state index in [4.69, 9.17) is 9.47 Å². The highest BCUT2D eigenvalue weighted by Gasteiger charge is 2.28. The van der Waals surface area contributed by atoms with E-state index in [1.54, 1.807) is 7.11 Å². The van der Waals surface area contributed by atoms with Gasteiger partial charge in [-0.25, -0.2) is 4.68 Å². The van der Waals surface area contributed by atoms with Crippen molar-refractivity contribution in [2.45, 2.75) is 71.8 Å². The quantitative estimate of drug-likeness (QED) is 0.332. The highest BCUT2D eigenvalue weighted by atomic mass is 16.5. The lowest BCUT2D eigenvalue weighted by Gasteiger charge is -2.30. The van der Waals surface area contributed by atoms with Crippen LogP contribution in [0.3, 0.4) is 0 Å². The second kappa shape index (κ2) is 11.4. The van der Waals surface area contributed by atoms with E-state index in [-0.39, 0.29) is 17.7 Å². The first-order valence-corrected chi connectivity index (χ1v) is 13.3. The average molecular weight is 517 g/mol. The van der Waals surface area contributed by atoms with E-state index in [0.29, 0.717) is 19.6 Å². The fourth-order valence-corrected chi connectivity index (χ4v) is 5.36. The number of aromatic amines is 1. The number of hydrogen-bond donors (Lipinski definition) is 1. The van der Waals surface area contributed by atoms with Crippen molar-refractivity contribution in [3.63, 3.8) is 0 Å². The largest absolute Gasteiger partial charge is 0.497 e. The Balaban J connectivity index is 1.52. The minimum Gasteiger partial charge on any atom is -0.497 e. The predicted molar refractivity (Wildman–Crippen MR) is 146 cm³/mol. The zero-order valence-electron chi connectivity index (χ0n) is 22.6. The van der Waals surface area contributed by atoms with Gasteiger partial charge in [-0.2, -0.15) is 0 Å². The lowest BCUT2D eigenvalue weighted by atomic mass is 10.0. The van der Waals surface area contributed by atoms with E-state index in [1.165, 1.54) is 0 Å². The number of hydrogen-bond acceptors (Lipinski definition) is 7. The number of H-pyrrole nitrogens is 1. The van der Waals surface area contributed by atoms with Crippen LogP contribution in [-0.4, -0.2) is 49.9 Å². The first kappa shape index (κ1) is 26.1. The molecular weight excluding hydrogens is 480 g/mol. The number of benzene rings is 2. The van der Waals surface area contributed by atoms with Crippen LogP contribution < -0.4 is 10.3 Å². The molecule has 200 valence electrons. The monoisotopic (exact) mass is 516 g/mol. The minimum atomic E-state index is -0.0952. The average Bonchev–Trinajstić information content (AvgIpc) is 3.61. The van der Waals surface area contributed by atoms with Crippen LogP contribution in [0, 0.1) is 13.8 Å². The van der Waals surface area contributed by atoms with E-state index >= 15 is 0 Å². The topological polar surface area (TPSA) is 98.2 Å². The summed E-state index contributed by atoms with van der Waals surface area (Å²) in [5.41, 5.74) is 4.86. The van der Waals surface area contributed by atoms with Crippen molar-refractivity contribution in [2.24, 2.45) is 0 Å². The van der Waals surface area contributed by atoms with Crippen LogP contribution in [-0.2, 0) is 24.4 Å². The lowest BCUT2D eigenvalue weighted by Crippen LogP contribution is -2.33. The van der Waals surface area contributed by atoms with Gasteiger partial charge in [0.1, 0.15) is 5.75 Å². The third-order valence-corrected chi connectivity index (χ3v) is 7.52. The predicted octanol–water partition coefficient (Wildman–Crippen LogP) is 4.47. The number of nitrogens with zero attached hydrogens (tertiary/aromatic N) is 5. The summed E-state index contributed by atoms with van der Waals surface area (Å²) >= 11 is 0. The Morgan fingerprint density at radius 1 is 1.16 bits per heavy atom. The van der Waals surface area contributed by atoms with Crippen molar-refractivity contribution >= 4 is 10.9 Å². The SMILES string of the molecule is CC[C@H](c1nnnn1C[C@H]1CCCO1)N(Cc1ccc(OC)cc1)Cc1cc2c(C)ccc(C)c2[nH]c1=O. The molecule has 1 N–H and O–H groups in total. The summed E-state index contributed by atoms with van der Waals surface area (Å²) in [6.45, 7) is 8.72. The van der Waals surface area contributed by atoms with Crippen LogP contribution in [0.2, 0.25) is 0 Å². The number of aromatic nitrogens is 5. The van der Waals surface area contributed by atoms with Gasteiger partial charge in [0.15, 0.2) is 5.82 Å². The Kier molecular flexibility index (Phi) is 7.85. The Bertz CT molecular complexity index is 1440. The van der Waals surface area contributed by atoms with Gasteiger partial charge in [0.05, 0.1) is 31.3 Å². The molecular formula is C29H36N6O3. The molecule has 3 heterocycles. The molecule has 1 fully saturated rings. The first-order valence-electron chi connectivity index (χ1n) is 13.3. The number of fused-ring (bicyclic) bond motifs is 1. The molecule has 0 amide bonds. The molecule has 5 rings (SSSR count). The highest BCUT2D eigenvalue weighted by molar-refractivity contribution is 5.85. The zero-order valence-corrected chi connectivity index (χ0v) is 22.6. The van der Waals surface area contributed by atoms with E-state index in [2.05, 4.69) is 57.5 Å². The van der Waals surface area contributed by atoms with Gasteiger partial charge in [-0.1, -0.05) is 31.2 Å². The minimum absolute atomic E-state index is 0.0697. The number of methoxy groups -OCH3 is 1. The van der Waals surface area contributed by atoms with Gasteiger partial charge in [-0.15, -0.1) is 5.10 Å². The molecule has 38 heavy (non-hydrogen) atoms. The van der Waals surface area contributed by atoms with Gasteiger partial charge in [0, 0.05) is 30.6 Å². The fourth-order valence-electron chi connectivity index (χ4n) is 5.36. The van der Waals surface area contributed by atoms with Crippen molar-refractivity contribution in [3.05, 3.63) is 80.9 Å². The van der Waals surface area contributed by atoms with Crippen LogP contribution in [0.15, 0.2) is 47.3 Å². The molecule has 4 aromatic rings. The fraction of sp³-hybridized carbons (Fsp3) is 0.448. The summed E-state index contributed by atoms with van der Waals surface area (Å²) in [5.74, 6) is 1.60. The Labute approximate surface area is 222 Å². The second-order valence-corrected chi connectivity index (χ2v) is 10.1. The molecule has 0 saturated carbocycles. The molecule has 0 spiro atoms. The van der Waals surface area contributed by atoms with Crippen LogP contribution in [0.1, 0.15) is 60.3 Å². The summed E-state index contributed by atoms with van der Waals surface area (Å²) < 4.78 is 13.1. The van der Waals surface area contributed by atoms with Gasteiger partial charge < -0.3 is 14.5 Å². The van der Waals surface area contributed by atoms with Crippen molar-refractivity contribution in [1.29, 1.82) is 0 Å². The maximum absolute atomic E-state index is 13.3. The summed E-state index contributed by atoms with van der Waals surface area (Å²) in [7, 11) is 1.66. The molecule has 1 aliphatic heterocycles. The Morgan fingerprint density at radius 2 is 1.95 bits per heavy atom. The summed E-state index contributed by atoms with van der Waals surface area (Å²) in [4.78, 5) is 18.7. The summed E-state index contributed by atoms with van der Waals surface area (Å²) in [6, 6.07) is 14.1. The van der Waals surface area contributed by atoms with E-state index < -0.39 is 0 Å². The van der Waals surface area contributed by atoms with Gasteiger partial charge in [0.2, 0.25) is 0 Å². The maximum Gasteiger partial charge on any atom is 0.252 e. The van der Waals surface area contributed by atoms with E-state index in [9.17, 15) is 4.79 Å². The van der Waals surface area contributed by atoms with Gasteiger partial charge in [0.25, 0.3) is 5.56 Å². The summed E-state index contributed by atoms with van der Waals surface area (Å²) in [5, 5.41) is 13.9. The molecule has 1 aliphatic rings. The molecule has 1 saturated heterocycles. The third-order valence-electron chi connectivity index (χ3n) is 7.52.